The number of aromatic nitrogens is 2. The molecule has 1 heterocycles. The van der Waals surface area contributed by atoms with Gasteiger partial charge in [0.05, 0.1) is 10.2 Å². The SMILES string of the molecule is COCc1ccccc1-c1ncc(I)c(Cl)n1. The lowest BCUT2D eigenvalue weighted by Gasteiger charge is -2.07. The lowest BCUT2D eigenvalue weighted by Crippen LogP contribution is -1.97. The number of hydrogen-bond acceptors (Lipinski definition) is 3. The molecule has 0 aliphatic heterocycles. The van der Waals surface area contributed by atoms with E-state index in [1.165, 1.54) is 0 Å². The summed E-state index contributed by atoms with van der Waals surface area (Å²) < 4.78 is 6.00. The molecule has 1 aromatic heterocycles. The molecular weight excluding hydrogens is 351 g/mol. The second-order valence-electron chi connectivity index (χ2n) is 3.42. The maximum absolute atomic E-state index is 6.00. The van der Waals surface area contributed by atoms with Gasteiger partial charge in [-0.25, -0.2) is 9.97 Å². The van der Waals surface area contributed by atoms with Crippen molar-refractivity contribution in [2.75, 3.05) is 7.11 Å². The Labute approximate surface area is 118 Å². The molecule has 0 atom stereocenters. The van der Waals surface area contributed by atoms with Crippen LogP contribution in [0.5, 0.6) is 0 Å². The quantitative estimate of drug-likeness (QED) is 0.620. The molecule has 0 saturated heterocycles. The number of methoxy groups -OCH3 is 1. The Hall–Kier alpha value is -0.720. The standard InChI is InChI=1S/C12H10ClIN2O/c1-17-7-8-4-2-3-5-9(8)12-15-6-10(14)11(13)16-12/h2-6H,7H2,1H3. The normalized spacial score (nSPS) is 10.5. The minimum absolute atomic E-state index is 0.475. The highest BCUT2D eigenvalue weighted by atomic mass is 127. The number of ether oxygens (including phenoxy) is 1. The average Bonchev–Trinajstić information content (AvgIpc) is 2.34. The molecule has 88 valence electrons. The topological polar surface area (TPSA) is 35.0 Å². The van der Waals surface area contributed by atoms with E-state index in [0.29, 0.717) is 17.6 Å². The van der Waals surface area contributed by atoms with Crippen molar-refractivity contribution in [3.8, 4) is 11.4 Å². The van der Waals surface area contributed by atoms with E-state index in [1.807, 2.05) is 24.3 Å². The van der Waals surface area contributed by atoms with E-state index in [0.717, 1.165) is 14.7 Å². The zero-order chi connectivity index (χ0) is 12.3. The van der Waals surface area contributed by atoms with Crippen molar-refractivity contribution < 1.29 is 4.74 Å². The van der Waals surface area contributed by atoms with Crippen LogP contribution in [0.2, 0.25) is 5.15 Å². The molecule has 1 aromatic carbocycles. The highest BCUT2D eigenvalue weighted by Crippen LogP contribution is 2.23. The summed E-state index contributed by atoms with van der Waals surface area (Å²) in [5.74, 6) is 0.628. The molecule has 0 bridgehead atoms. The summed E-state index contributed by atoms with van der Waals surface area (Å²) in [7, 11) is 1.67. The van der Waals surface area contributed by atoms with Gasteiger partial charge in [0.1, 0.15) is 5.15 Å². The van der Waals surface area contributed by atoms with Crippen LogP contribution in [0.3, 0.4) is 0 Å². The Morgan fingerprint density at radius 2 is 2.12 bits per heavy atom. The van der Waals surface area contributed by atoms with Crippen molar-refractivity contribution in [1.82, 2.24) is 9.97 Å². The molecule has 0 N–H and O–H groups in total. The van der Waals surface area contributed by atoms with Gasteiger partial charge in [-0.3, -0.25) is 0 Å². The molecule has 0 amide bonds. The number of halogens is 2. The first kappa shape index (κ1) is 12.7. The van der Waals surface area contributed by atoms with Crippen LogP contribution in [0.15, 0.2) is 30.5 Å². The fourth-order valence-corrected chi connectivity index (χ4v) is 1.88. The van der Waals surface area contributed by atoms with Gasteiger partial charge in [0.25, 0.3) is 0 Å². The van der Waals surface area contributed by atoms with Crippen LogP contribution >= 0.6 is 34.2 Å². The fraction of sp³-hybridized carbons (Fsp3) is 0.167. The molecule has 2 aromatic rings. The van der Waals surface area contributed by atoms with E-state index in [9.17, 15) is 0 Å². The van der Waals surface area contributed by atoms with Crippen molar-refractivity contribution in [1.29, 1.82) is 0 Å². The molecular formula is C12H10ClIN2O. The molecule has 5 heteroatoms. The second-order valence-corrected chi connectivity index (χ2v) is 4.94. The molecule has 0 unspecified atom stereocenters. The molecule has 2 rings (SSSR count). The van der Waals surface area contributed by atoms with Gasteiger partial charge in [-0.1, -0.05) is 35.9 Å². The Kier molecular flexibility index (Phi) is 4.31. The van der Waals surface area contributed by atoms with Crippen LogP contribution in [0.25, 0.3) is 11.4 Å². The van der Waals surface area contributed by atoms with Crippen LogP contribution < -0.4 is 0 Å². The summed E-state index contributed by atoms with van der Waals surface area (Å²) in [5, 5.41) is 0.475. The minimum Gasteiger partial charge on any atom is -0.380 e. The van der Waals surface area contributed by atoms with Crippen LogP contribution in [0.1, 0.15) is 5.56 Å². The first-order valence-corrected chi connectivity index (χ1v) is 6.43. The summed E-state index contributed by atoms with van der Waals surface area (Å²) in [6, 6.07) is 7.87. The molecule has 0 saturated carbocycles. The monoisotopic (exact) mass is 360 g/mol. The van der Waals surface area contributed by atoms with Crippen LogP contribution in [-0.4, -0.2) is 17.1 Å². The van der Waals surface area contributed by atoms with Crippen molar-refractivity contribution in [2.45, 2.75) is 6.61 Å². The number of rotatable bonds is 3. The number of benzene rings is 1. The summed E-state index contributed by atoms with van der Waals surface area (Å²) >= 11 is 8.11. The van der Waals surface area contributed by atoms with Gasteiger partial charge in [0.2, 0.25) is 0 Å². The Bertz CT molecular complexity index is 534. The lowest BCUT2D eigenvalue weighted by molar-refractivity contribution is 0.185. The highest BCUT2D eigenvalue weighted by Gasteiger charge is 2.09. The predicted octanol–water partition coefficient (Wildman–Crippen LogP) is 3.55. The van der Waals surface area contributed by atoms with Crippen molar-refractivity contribution in [3.63, 3.8) is 0 Å². The van der Waals surface area contributed by atoms with E-state index in [2.05, 4.69) is 32.6 Å². The Morgan fingerprint density at radius 1 is 1.35 bits per heavy atom. The Balaban J connectivity index is 2.48. The largest absolute Gasteiger partial charge is 0.380 e. The molecule has 0 aliphatic carbocycles. The third kappa shape index (κ3) is 2.94. The third-order valence-corrected chi connectivity index (χ3v) is 3.66. The maximum atomic E-state index is 6.00. The summed E-state index contributed by atoms with van der Waals surface area (Å²) in [4.78, 5) is 8.57. The van der Waals surface area contributed by atoms with Crippen molar-refractivity contribution in [3.05, 3.63) is 44.7 Å². The fourth-order valence-electron chi connectivity index (χ4n) is 1.50. The van der Waals surface area contributed by atoms with E-state index in [-0.39, 0.29) is 0 Å². The lowest BCUT2D eigenvalue weighted by atomic mass is 10.1. The van der Waals surface area contributed by atoms with Crippen LogP contribution in [0, 0.1) is 3.57 Å². The van der Waals surface area contributed by atoms with E-state index < -0.39 is 0 Å². The van der Waals surface area contributed by atoms with Gasteiger partial charge in [0, 0.05) is 18.9 Å². The number of hydrogen-bond donors (Lipinski definition) is 0. The van der Waals surface area contributed by atoms with Gasteiger partial charge in [-0.05, 0) is 28.2 Å². The van der Waals surface area contributed by atoms with Gasteiger partial charge < -0.3 is 4.74 Å². The smallest absolute Gasteiger partial charge is 0.161 e. The molecule has 0 radical (unpaired) electrons. The van der Waals surface area contributed by atoms with Gasteiger partial charge >= 0.3 is 0 Å². The highest BCUT2D eigenvalue weighted by molar-refractivity contribution is 14.1. The first-order chi connectivity index (χ1) is 8.22. The Morgan fingerprint density at radius 3 is 2.82 bits per heavy atom. The average molecular weight is 361 g/mol. The van der Waals surface area contributed by atoms with E-state index in [1.54, 1.807) is 13.3 Å². The predicted molar refractivity (Wildman–Crippen MR) is 75.9 cm³/mol. The van der Waals surface area contributed by atoms with Crippen molar-refractivity contribution in [2.24, 2.45) is 0 Å². The molecule has 0 aliphatic rings. The van der Waals surface area contributed by atoms with Crippen LogP contribution in [-0.2, 0) is 11.3 Å². The summed E-state index contributed by atoms with van der Waals surface area (Å²) in [5.41, 5.74) is 2.00. The summed E-state index contributed by atoms with van der Waals surface area (Å²) in [6.45, 7) is 0.531. The zero-order valence-corrected chi connectivity index (χ0v) is 12.1. The van der Waals surface area contributed by atoms with Crippen LogP contribution in [0.4, 0.5) is 0 Å². The van der Waals surface area contributed by atoms with Gasteiger partial charge in [-0.15, -0.1) is 0 Å². The maximum Gasteiger partial charge on any atom is 0.161 e. The second kappa shape index (κ2) is 5.75. The summed E-state index contributed by atoms with van der Waals surface area (Å²) in [6.07, 6.45) is 1.72. The molecule has 0 fully saturated rings. The third-order valence-electron chi connectivity index (χ3n) is 2.26. The molecule has 17 heavy (non-hydrogen) atoms. The van der Waals surface area contributed by atoms with E-state index in [4.69, 9.17) is 16.3 Å². The van der Waals surface area contributed by atoms with E-state index >= 15 is 0 Å². The van der Waals surface area contributed by atoms with Gasteiger partial charge in [0.15, 0.2) is 5.82 Å². The number of nitrogens with zero attached hydrogens (tertiary/aromatic N) is 2. The first-order valence-electron chi connectivity index (χ1n) is 4.97. The molecule has 0 spiro atoms. The molecule has 3 nitrogen and oxygen atoms in total. The minimum atomic E-state index is 0.475. The zero-order valence-electron chi connectivity index (χ0n) is 9.15. The van der Waals surface area contributed by atoms with Crippen molar-refractivity contribution >= 4 is 34.2 Å². The van der Waals surface area contributed by atoms with Gasteiger partial charge in [-0.2, -0.15) is 0 Å².